The smallest absolute Gasteiger partial charge is 0.239 e. The maximum atomic E-state index is 12.5. The number of anilines is 1. The highest BCUT2D eigenvalue weighted by Gasteiger charge is 2.43. The number of rotatable bonds is 11. The average Bonchev–Trinajstić information content (AvgIpc) is 2.91. The van der Waals surface area contributed by atoms with E-state index in [0.717, 1.165) is 0 Å². The summed E-state index contributed by atoms with van der Waals surface area (Å²) in [5.74, 6) is 0.787. The average molecular weight is 607 g/mol. The van der Waals surface area contributed by atoms with Gasteiger partial charge in [-0.15, -0.1) is 0 Å². The molecule has 0 saturated carbocycles. The highest BCUT2D eigenvalue weighted by atomic mass is 35.5. The number of nitriles is 1. The van der Waals surface area contributed by atoms with Crippen molar-refractivity contribution in [2.45, 2.75) is 50.8 Å². The van der Waals surface area contributed by atoms with E-state index >= 15 is 0 Å². The summed E-state index contributed by atoms with van der Waals surface area (Å²) in [5.41, 5.74) is 9.21. The van der Waals surface area contributed by atoms with Gasteiger partial charge in [0, 0.05) is 78.5 Å². The molecule has 41 heavy (non-hydrogen) atoms. The number of alkyl halides is 2. The van der Waals surface area contributed by atoms with E-state index in [1.165, 1.54) is 19.5 Å². The van der Waals surface area contributed by atoms with Crippen molar-refractivity contribution in [1.82, 2.24) is 15.2 Å². The third-order valence-corrected chi connectivity index (χ3v) is 7.96. The van der Waals surface area contributed by atoms with Gasteiger partial charge in [0.25, 0.3) is 0 Å². The van der Waals surface area contributed by atoms with Crippen LogP contribution in [0.4, 0.5) is 14.5 Å². The van der Waals surface area contributed by atoms with Crippen LogP contribution in [0, 0.1) is 11.3 Å². The van der Waals surface area contributed by atoms with Crippen molar-refractivity contribution in [3.8, 4) is 17.6 Å². The first-order valence-electron chi connectivity index (χ1n) is 13.1. The second-order valence-electron chi connectivity index (χ2n) is 10.5. The second-order valence-corrected chi connectivity index (χ2v) is 11.3. The van der Waals surface area contributed by atoms with E-state index < -0.39 is 12.5 Å². The molecule has 4 rings (SSSR count). The van der Waals surface area contributed by atoms with E-state index in [1.807, 2.05) is 13.0 Å². The van der Waals surface area contributed by atoms with Gasteiger partial charge < -0.3 is 20.5 Å². The number of hydrogen-bond acceptors (Lipinski definition) is 7. The zero-order valence-corrected chi connectivity index (χ0v) is 24.6. The molecular weight excluding hydrogens is 573 g/mol. The minimum Gasteiger partial charge on any atom is -0.493 e. The van der Waals surface area contributed by atoms with Crippen LogP contribution in [0.3, 0.4) is 0 Å². The minimum absolute atomic E-state index is 0.121. The summed E-state index contributed by atoms with van der Waals surface area (Å²) in [4.78, 5) is 6.15. The van der Waals surface area contributed by atoms with Gasteiger partial charge in [-0.3, -0.25) is 15.3 Å². The maximum Gasteiger partial charge on any atom is 0.239 e. The Balaban J connectivity index is 1.51. The largest absolute Gasteiger partial charge is 0.493 e. The fraction of sp³-hybridized carbons (Fsp3) is 0.414. The minimum atomic E-state index is -2.33. The number of methoxy groups -OCH3 is 1. The third-order valence-electron chi connectivity index (χ3n) is 7.36. The zero-order chi connectivity index (χ0) is 29.9. The second kappa shape index (κ2) is 12.7. The fourth-order valence-corrected chi connectivity index (χ4v) is 5.94. The van der Waals surface area contributed by atoms with Crippen LogP contribution in [0.1, 0.15) is 43.9 Å². The number of hydrogen-bond donors (Lipinski definition) is 3. The number of ether oxygens (including phenoxy) is 2. The van der Waals surface area contributed by atoms with Crippen molar-refractivity contribution in [2.75, 3.05) is 32.5 Å². The molecule has 0 amide bonds. The molecule has 12 heteroatoms. The van der Waals surface area contributed by atoms with Crippen LogP contribution in [-0.2, 0) is 0 Å². The van der Waals surface area contributed by atoms with E-state index in [9.17, 15) is 14.0 Å². The van der Waals surface area contributed by atoms with E-state index in [-0.39, 0.29) is 24.5 Å². The van der Waals surface area contributed by atoms with Gasteiger partial charge in [-0.05, 0) is 32.4 Å². The lowest BCUT2D eigenvalue weighted by Crippen LogP contribution is -2.69. The van der Waals surface area contributed by atoms with Gasteiger partial charge in [-0.1, -0.05) is 29.3 Å². The number of likely N-dealkylation sites (tertiary alicyclic amines) is 1. The molecule has 1 aliphatic carbocycles. The van der Waals surface area contributed by atoms with E-state index in [2.05, 4.69) is 21.3 Å². The summed E-state index contributed by atoms with van der Waals surface area (Å²) in [6, 6.07) is 5.51. The predicted molar refractivity (Wildman–Crippen MR) is 156 cm³/mol. The molecule has 1 aliphatic heterocycles. The van der Waals surface area contributed by atoms with Crippen LogP contribution in [0.15, 0.2) is 47.8 Å². The first-order valence-corrected chi connectivity index (χ1v) is 13.9. The lowest BCUT2D eigenvalue weighted by atomic mass is 9.84. The number of nitrogen functional groups attached to an aromatic ring is 1. The maximum absolute atomic E-state index is 12.5. The first-order chi connectivity index (χ1) is 19.5. The molecule has 2 atom stereocenters. The third kappa shape index (κ3) is 6.81. The van der Waals surface area contributed by atoms with E-state index in [4.69, 9.17) is 43.8 Å². The number of benzene rings is 1. The van der Waals surface area contributed by atoms with Gasteiger partial charge in [0.05, 0.1) is 28.8 Å². The summed E-state index contributed by atoms with van der Waals surface area (Å²) in [7, 11) is 1.51. The van der Waals surface area contributed by atoms with Crippen molar-refractivity contribution in [2.24, 2.45) is 0 Å². The number of nitrogens with one attached hydrogen (secondary N) is 1. The molecule has 1 saturated heterocycles. The summed E-state index contributed by atoms with van der Waals surface area (Å²) in [6.45, 7) is 5.36. The number of nitrogens with two attached hydrogens (primary N) is 2. The normalized spacial score (nSPS) is 19.0. The Hall–Kier alpha value is -3.23. The highest BCUT2D eigenvalue weighted by molar-refractivity contribution is 6.35. The molecule has 0 radical (unpaired) electrons. The van der Waals surface area contributed by atoms with Crippen LogP contribution >= 0.6 is 23.2 Å². The molecule has 1 aromatic heterocycles. The molecule has 8 nitrogen and oxygen atoms in total. The molecule has 2 aliphatic rings. The Labute approximate surface area is 248 Å². The Morgan fingerprint density at radius 3 is 2.59 bits per heavy atom. The monoisotopic (exact) mass is 605 g/mol. The van der Waals surface area contributed by atoms with E-state index in [0.29, 0.717) is 74.7 Å². The molecular formula is C29H33Cl2F2N6O2+. The highest BCUT2D eigenvalue weighted by Crippen LogP contribution is 2.39. The summed E-state index contributed by atoms with van der Waals surface area (Å²) in [5, 5.41) is 20.5. The number of nitrogens with zero attached hydrogens (tertiary/aromatic N) is 3. The van der Waals surface area contributed by atoms with Crippen molar-refractivity contribution < 1.29 is 23.7 Å². The Kier molecular flexibility index (Phi) is 9.55. The molecule has 1 fully saturated rings. The van der Waals surface area contributed by atoms with Crippen LogP contribution in [0.2, 0.25) is 10.0 Å². The standard InChI is InChI=1S/C29H32Cl2F2N6O2/c1-16(27-20(30)12-37-13-21(27)31)41-25-9-19(22(35)10-24(25)40-3)28(36)17-4-5-23(18(8-17)11-34)39-14-29(2,15-39)38-7-6-26(32)33/h4,8-10,12-13,16,23,26,36,38H,5-7,14-15,35H2,1-3H3/p+1/t16-,23?/m1/s1. The van der Waals surface area contributed by atoms with Crippen molar-refractivity contribution >= 4 is 34.6 Å². The van der Waals surface area contributed by atoms with Crippen LogP contribution in [0.5, 0.6) is 11.5 Å². The molecule has 5 N–H and O–H groups in total. The Morgan fingerprint density at radius 1 is 1.29 bits per heavy atom. The van der Waals surface area contributed by atoms with Crippen LogP contribution in [-0.4, -0.2) is 60.3 Å². The van der Waals surface area contributed by atoms with Gasteiger partial charge in [-0.25, -0.2) is 8.78 Å². The first kappa shape index (κ1) is 30.7. The molecule has 2 heterocycles. The molecule has 0 spiro atoms. The summed E-state index contributed by atoms with van der Waals surface area (Å²) >= 11 is 12.6. The molecule has 1 unspecified atom stereocenters. The fourth-order valence-electron chi connectivity index (χ4n) is 5.27. The summed E-state index contributed by atoms with van der Waals surface area (Å²) in [6.07, 6.45) is 4.24. The lowest BCUT2D eigenvalue weighted by Gasteiger charge is -2.52. The van der Waals surface area contributed by atoms with E-state index in [1.54, 1.807) is 25.1 Å². The van der Waals surface area contributed by atoms with Gasteiger partial charge in [-0.2, -0.15) is 5.26 Å². The predicted octanol–water partition coefficient (Wildman–Crippen LogP) is 4.14. The number of halogens is 4. The number of pyridine rings is 1. The zero-order valence-electron chi connectivity index (χ0n) is 23.1. The number of aromatic nitrogens is 1. The Morgan fingerprint density at radius 2 is 1.98 bits per heavy atom. The van der Waals surface area contributed by atoms with Gasteiger partial charge in [0.1, 0.15) is 6.10 Å². The van der Waals surface area contributed by atoms with Gasteiger partial charge in [0.2, 0.25) is 12.1 Å². The van der Waals surface area contributed by atoms with Crippen molar-refractivity contribution in [1.29, 1.82) is 5.26 Å². The quantitative estimate of drug-likeness (QED) is 0.260. The van der Waals surface area contributed by atoms with Crippen molar-refractivity contribution in [3.63, 3.8) is 0 Å². The molecule has 1 aromatic carbocycles. The van der Waals surface area contributed by atoms with Crippen LogP contribution in [0.25, 0.3) is 0 Å². The summed E-state index contributed by atoms with van der Waals surface area (Å²) < 4.78 is 36.7. The lowest BCUT2D eigenvalue weighted by molar-refractivity contribution is -0.111. The Bertz CT molecular complexity index is 1400. The SMILES string of the molecule is COc1cc(N)c(C(=[NH2+])C2=CCC(N3CC(C)(NCCC(F)F)C3)C(C#N)=C2)cc1O[C@H](C)c1c(Cl)cncc1Cl. The molecule has 2 aromatic rings. The van der Waals surface area contributed by atoms with Crippen LogP contribution < -0.4 is 25.9 Å². The topological polar surface area (TPSA) is 122 Å². The van der Waals surface area contributed by atoms with Gasteiger partial charge in [0.15, 0.2) is 11.5 Å². The van der Waals surface area contributed by atoms with Gasteiger partial charge >= 0.3 is 0 Å². The molecule has 0 bridgehead atoms. The van der Waals surface area contributed by atoms with Crippen molar-refractivity contribution in [3.05, 3.63) is 69.0 Å². The molecule has 218 valence electrons. The number of allylic oxidation sites excluding steroid dienone is 2.